The number of hydrogen-bond donors (Lipinski definition) is 2. The number of benzene rings is 2. The van der Waals surface area contributed by atoms with Gasteiger partial charge in [-0.2, -0.15) is 0 Å². The van der Waals surface area contributed by atoms with Crippen molar-refractivity contribution in [3.8, 4) is 17.1 Å². The molecule has 1 aromatic heterocycles. The van der Waals surface area contributed by atoms with Crippen molar-refractivity contribution in [3.05, 3.63) is 57.8 Å². The van der Waals surface area contributed by atoms with Gasteiger partial charge in [0, 0.05) is 10.6 Å². The first-order valence-corrected chi connectivity index (χ1v) is 7.09. The Morgan fingerprint density at radius 1 is 1.18 bits per heavy atom. The van der Waals surface area contributed by atoms with Gasteiger partial charge in [0.05, 0.1) is 17.5 Å². The average molecular weight is 317 g/mol. The molecule has 5 nitrogen and oxygen atoms in total. The van der Waals surface area contributed by atoms with Gasteiger partial charge in [-0.15, -0.1) is 0 Å². The Hall–Kier alpha value is -2.37. The normalized spacial score (nSPS) is 10.8. The topological polar surface area (TPSA) is 75.2 Å². The van der Waals surface area contributed by atoms with E-state index in [1.165, 1.54) is 0 Å². The van der Waals surface area contributed by atoms with Gasteiger partial charge in [0.2, 0.25) is 0 Å². The van der Waals surface area contributed by atoms with Crippen molar-refractivity contribution in [2.75, 3.05) is 13.2 Å². The molecule has 0 fully saturated rings. The molecular weight excluding hydrogens is 304 g/mol. The summed E-state index contributed by atoms with van der Waals surface area (Å²) in [6, 6.07) is 12.1. The number of ether oxygens (including phenoxy) is 1. The second-order valence-electron chi connectivity index (χ2n) is 4.67. The fourth-order valence-corrected chi connectivity index (χ4v) is 2.29. The minimum atomic E-state index is -0.233. The summed E-state index contributed by atoms with van der Waals surface area (Å²) in [6.07, 6.45) is 0. The molecule has 0 aliphatic rings. The maximum Gasteiger partial charge on any atom is 0.259 e. The fourth-order valence-electron chi connectivity index (χ4n) is 2.12. The van der Waals surface area contributed by atoms with Crippen molar-refractivity contribution in [1.82, 2.24) is 9.97 Å². The lowest BCUT2D eigenvalue weighted by atomic mass is 10.2. The summed E-state index contributed by atoms with van der Waals surface area (Å²) < 4.78 is 5.30. The van der Waals surface area contributed by atoms with Crippen LogP contribution in [0.5, 0.6) is 5.75 Å². The number of fused-ring (bicyclic) bond motifs is 1. The third kappa shape index (κ3) is 2.95. The minimum Gasteiger partial charge on any atom is -0.491 e. The molecule has 0 unspecified atom stereocenters. The van der Waals surface area contributed by atoms with Crippen molar-refractivity contribution in [3.63, 3.8) is 0 Å². The molecule has 1 heterocycles. The number of aliphatic hydroxyl groups is 1. The lowest BCUT2D eigenvalue weighted by molar-refractivity contribution is 0.201. The van der Waals surface area contributed by atoms with Gasteiger partial charge in [0.1, 0.15) is 18.2 Å². The maximum absolute atomic E-state index is 12.1. The average Bonchev–Trinajstić information content (AvgIpc) is 2.54. The number of aromatic nitrogens is 2. The Balaban J connectivity index is 1.99. The molecule has 3 aromatic rings. The van der Waals surface area contributed by atoms with Crippen LogP contribution in [0.2, 0.25) is 5.02 Å². The van der Waals surface area contributed by atoms with Gasteiger partial charge in [-0.3, -0.25) is 4.79 Å². The first kappa shape index (κ1) is 14.6. The monoisotopic (exact) mass is 316 g/mol. The van der Waals surface area contributed by atoms with Crippen molar-refractivity contribution in [2.24, 2.45) is 0 Å². The van der Waals surface area contributed by atoms with Crippen molar-refractivity contribution >= 4 is 22.5 Å². The largest absolute Gasteiger partial charge is 0.491 e. The van der Waals surface area contributed by atoms with Gasteiger partial charge < -0.3 is 14.8 Å². The molecule has 2 N–H and O–H groups in total. The molecule has 0 bridgehead atoms. The van der Waals surface area contributed by atoms with Crippen LogP contribution in [0.4, 0.5) is 0 Å². The SMILES string of the molecule is O=c1[nH]c(-c2ccc(OCCO)cc2)nc2ccc(Cl)cc12. The van der Waals surface area contributed by atoms with Gasteiger partial charge in [0.25, 0.3) is 5.56 Å². The smallest absolute Gasteiger partial charge is 0.259 e. The number of aliphatic hydroxyl groups excluding tert-OH is 1. The molecule has 6 heteroatoms. The van der Waals surface area contributed by atoms with E-state index in [9.17, 15) is 4.79 Å². The summed E-state index contributed by atoms with van der Waals surface area (Å²) in [5.74, 6) is 1.13. The first-order chi connectivity index (χ1) is 10.7. The van der Waals surface area contributed by atoms with E-state index in [4.69, 9.17) is 21.4 Å². The summed E-state index contributed by atoms with van der Waals surface area (Å²) in [4.78, 5) is 19.3. The predicted molar refractivity (Wildman–Crippen MR) is 85.4 cm³/mol. The molecule has 2 aromatic carbocycles. The molecule has 0 atom stereocenters. The predicted octanol–water partition coefficient (Wildman–Crippen LogP) is 2.61. The summed E-state index contributed by atoms with van der Waals surface area (Å²) in [5, 5.41) is 9.68. The Morgan fingerprint density at radius 3 is 2.68 bits per heavy atom. The Bertz CT molecular complexity index is 859. The number of nitrogens with zero attached hydrogens (tertiary/aromatic N) is 1. The summed E-state index contributed by atoms with van der Waals surface area (Å²) in [6.45, 7) is 0.203. The highest BCUT2D eigenvalue weighted by atomic mass is 35.5. The Kier molecular flexibility index (Phi) is 4.09. The molecule has 0 aliphatic heterocycles. The molecule has 0 saturated heterocycles. The summed E-state index contributed by atoms with van der Waals surface area (Å²) >= 11 is 5.89. The van der Waals surface area contributed by atoms with E-state index in [2.05, 4.69) is 9.97 Å². The van der Waals surface area contributed by atoms with Crippen LogP contribution in [0.25, 0.3) is 22.3 Å². The molecule has 3 rings (SSSR count). The van der Waals surface area contributed by atoms with Gasteiger partial charge in [-0.1, -0.05) is 11.6 Å². The second kappa shape index (κ2) is 6.17. The molecule has 0 radical (unpaired) electrons. The van der Waals surface area contributed by atoms with Crippen molar-refractivity contribution in [2.45, 2.75) is 0 Å². The molecular formula is C16H13ClN2O3. The van der Waals surface area contributed by atoms with E-state index in [1.54, 1.807) is 42.5 Å². The minimum absolute atomic E-state index is 0.0378. The lowest BCUT2D eigenvalue weighted by Gasteiger charge is -2.06. The fraction of sp³-hybridized carbons (Fsp3) is 0.125. The number of aromatic amines is 1. The van der Waals surface area contributed by atoms with E-state index in [-0.39, 0.29) is 18.8 Å². The van der Waals surface area contributed by atoms with E-state index in [0.717, 1.165) is 5.56 Å². The third-order valence-electron chi connectivity index (χ3n) is 3.16. The van der Waals surface area contributed by atoms with Crippen LogP contribution >= 0.6 is 11.6 Å². The number of nitrogens with one attached hydrogen (secondary N) is 1. The highest BCUT2D eigenvalue weighted by molar-refractivity contribution is 6.31. The molecule has 0 amide bonds. The summed E-state index contributed by atoms with van der Waals surface area (Å²) in [7, 11) is 0. The third-order valence-corrected chi connectivity index (χ3v) is 3.39. The van der Waals surface area contributed by atoms with Crippen LogP contribution in [0.1, 0.15) is 0 Å². The molecule has 0 aliphatic carbocycles. The van der Waals surface area contributed by atoms with Crippen LogP contribution in [0, 0.1) is 0 Å². The van der Waals surface area contributed by atoms with Crippen molar-refractivity contribution in [1.29, 1.82) is 0 Å². The highest BCUT2D eigenvalue weighted by Gasteiger charge is 2.07. The van der Waals surface area contributed by atoms with Gasteiger partial charge in [0.15, 0.2) is 0 Å². The number of H-pyrrole nitrogens is 1. The lowest BCUT2D eigenvalue weighted by Crippen LogP contribution is -2.09. The van der Waals surface area contributed by atoms with E-state index in [0.29, 0.717) is 27.5 Å². The standard InChI is InChI=1S/C16H13ClN2O3/c17-11-3-6-14-13(9-11)16(21)19-15(18-14)10-1-4-12(5-2-10)22-8-7-20/h1-6,9,20H,7-8H2,(H,18,19,21). The Labute approximate surface area is 131 Å². The second-order valence-corrected chi connectivity index (χ2v) is 5.11. The zero-order chi connectivity index (χ0) is 15.5. The van der Waals surface area contributed by atoms with E-state index < -0.39 is 0 Å². The molecule has 22 heavy (non-hydrogen) atoms. The zero-order valence-corrected chi connectivity index (χ0v) is 12.3. The van der Waals surface area contributed by atoms with Crippen LogP contribution in [0.3, 0.4) is 0 Å². The maximum atomic E-state index is 12.1. The molecule has 0 saturated carbocycles. The highest BCUT2D eigenvalue weighted by Crippen LogP contribution is 2.21. The van der Waals surface area contributed by atoms with Crippen LogP contribution in [-0.4, -0.2) is 28.3 Å². The van der Waals surface area contributed by atoms with E-state index >= 15 is 0 Å². The van der Waals surface area contributed by atoms with Gasteiger partial charge in [-0.25, -0.2) is 4.98 Å². The van der Waals surface area contributed by atoms with Crippen molar-refractivity contribution < 1.29 is 9.84 Å². The summed E-state index contributed by atoms with van der Waals surface area (Å²) in [5.41, 5.74) is 1.12. The molecule has 112 valence electrons. The molecule has 0 spiro atoms. The number of halogens is 1. The van der Waals surface area contributed by atoms with Crippen LogP contribution < -0.4 is 10.3 Å². The quantitative estimate of drug-likeness (QED) is 0.776. The van der Waals surface area contributed by atoms with E-state index in [1.807, 2.05) is 0 Å². The Morgan fingerprint density at radius 2 is 1.95 bits per heavy atom. The van der Waals surface area contributed by atoms with Gasteiger partial charge in [-0.05, 0) is 42.5 Å². The van der Waals surface area contributed by atoms with Crippen LogP contribution in [0.15, 0.2) is 47.3 Å². The number of hydrogen-bond acceptors (Lipinski definition) is 4. The van der Waals surface area contributed by atoms with Gasteiger partial charge >= 0.3 is 0 Å². The number of rotatable bonds is 4. The zero-order valence-electron chi connectivity index (χ0n) is 11.5. The first-order valence-electron chi connectivity index (χ1n) is 6.71. The van der Waals surface area contributed by atoms with Crippen LogP contribution in [-0.2, 0) is 0 Å².